The van der Waals surface area contributed by atoms with Gasteiger partial charge in [0.1, 0.15) is 4.75 Å². The van der Waals surface area contributed by atoms with Crippen molar-refractivity contribution in [3.8, 4) is 0 Å². The van der Waals surface area contributed by atoms with Crippen molar-refractivity contribution in [1.29, 1.82) is 0 Å². The molecule has 0 radical (unpaired) electrons. The second kappa shape index (κ2) is 14.9. The summed E-state index contributed by atoms with van der Waals surface area (Å²) in [5.41, 5.74) is 0.382. The summed E-state index contributed by atoms with van der Waals surface area (Å²) in [5.74, 6) is -0.568. The molecule has 2 rings (SSSR count). The number of aromatic nitrogens is 3. The number of carbonyl (C=O) groups is 1. The molecule has 2 aromatic rings. The normalized spacial score (nSPS) is 12.9. The molecule has 1 unspecified atom stereocenters. The lowest BCUT2D eigenvalue weighted by Crippen LogP contribution is -2.41. The number of nitrogens with one attached hydrogen (secondary N) is 1. The number of carboxylic acid groups (broad SMARTS) is 1. The number of hydrogen-bond acceptors (Lipinski definition) is 6. The van der Waals surface area contributed by atoms with Crippen LogP contribution < -0.4 is 16.6 Å². The molecule has 0 aliphatic carbocycles. The number of benzene rings is 1. The van der Waals surface area contributed by atoms with Crippen molar-refractivity contribution in [1.82, 2.24) is 14.3 Å². The summed E-state index contributed by atoms with van der Waals surface area (Å²) in [6.45, 7) is 7.05. The van der Waals surface area contributed by atoms with E-state index in [4.69, 9.17) is 0 Å². The number of nitrogens with zero attached hydrogens (tertiary/aromatic N) is 3. The van der Waals surface area contributed by atoms with Gasteiger partial charge in [0.15, 0.2) is 0 Å². The van der Waals surface area contributed by atoms with Gasteiger partial charge in [-0.1, -0.05) is 58.1 Å². The highest BCUT2D eigenvalue weighted by Crippen LogP contribution is 2.37. The molecule has 36 heavy (non-hydrogen) atoms. The third-order valence-corrected chi connectivity index (χ3v) is 7.63. The number of anilines is 1. The van der Waals surface area contributed by atoms with Crippen LogP contribution in [0.2, 0.25) is 0 Å². The van der Waals surface area contributed by atoms with E-state index in [2.05, 4.69) is 29.5 Å². The molecule has 0 bridgehead atoms. The Labute approximate surface area is 218 Å². The first-order chi connectivity index (χ1) is 17.2. The average Bonchev–Trinajstić information content (AvgIpc) is 2.84. The van der Waals surface area contributed by atoms with Gasteiger partial charge in [0.2, 0.25) is 5.82 Å². The summed E-state index contributed by atoms with van der Waals surface area (Å²) in [4.78, 5) is 37.6. The van der Waals surface area contributed by atoms with E-state index in [0.717, 1.165) is 60.0 Å². The molecule has 0 saturated heterocycles. The molecule has 200 valence electrons. The Morgan fingerprint density at radius 1 is 1.08 bits per heavy atom. The summed E-state index contributed by atoms with van der Waals surface area (Å²) < 4.78 is 1.68. The van der Waals surface area contributed by atoms with Gasteiger partial charge in [0, 0.05) is 25.0 Å². The maximum absolute atomic E-state index is 12.5. The third-order valence-electron chi connectivity index (χ3n) is 6.31. The molecular weight excluding hydrogens is 476 g/mol. The minimum Gasteiger partial charge on any atom is -0.480 e. The van der Waals surface area contributed by atoms with E-state index in [1.807, 2.05) is 19.1 Å². The average molecular weight is 519 g/mol. The number of aliphatic carboxylic acids is 1. The van der Waals surface area contributed by atoms with Gasteiger partial charge in [-0.3, -0.25) is 14.2 Å². The monoisotopic (exact) mass is 518 g/mol. The van der Waals surface area contributed by atoms with E-state index < -0.39 is 16.3 Å². The van der Waals surface area contributed by atoms with Gasteiger partial charge >= 0.3 is 11.7 Å². The molecule has 2 N–H and O–H groups in total. The highest BCUT2D eigenvalue weighted by Gasteiger charge is 2.33. The van der Waals surface area contributed by atoms with Crippen molar-refractivity contribution < 1.29 is 9.90 Å². The smallest absolute Gasteiger partial charge is 0.347 e. The lowest BCUT2D eigenvalue weighted by Gasteiger charge is -2.23. The Kier molecular flexibility index (Phi) is 12.3. The molecule has 0 spiro atoms. The fourth-order valence-electron chi connectivity index (χ4n) is 4.11. The first-order valence-electron chi connectivity index (χ1n) is 13.1. The lowest BCUT2D eigenvalue weighted by atomic mass is 10.1. The highest BCUT2D eigenvalue weighted by molar-refractivity contribution is 8.01. The van der Waals surface area contributed by atoms with Crippen LogP contribution in [0.1, 0.15) is 84.1 Å². The Balaban J connectivity index is 1.89. The maximum atomic E-state index is 12.5. The van der Waals surface area contributed by atoms with Crippen LogP contribution in [0, 0.1) is 0 Å². The molecular formula is C27H42N4O4S. The van der Waals surface area contributed by atoms with Gasteiger partial charge < -0.3 is 10.4 Å². The van der Waals surface area contributed by atoms with Crippen LogP contribution in [0.3, 0.4) is 0 Å². The Hall–Kier alpha value is -2.55. The fourth-order valence-corrected chi connectivity index (χ4v) is 5.38. The Morgan fingerprint density at radius 3 is 2.53 bits per heavy atom. The molecule has 0 saturated carbocycles. The number of thioether (sulfide) groups is 1. The Morgan fingerprint density at radius 2 is 1.83 bits per heavy atom. The van der Waals surface area contributed by atoms with Crippen molar-refractivity contribution in [2.24, 2.45) is 7.05 Å². The van der Waals surface area contributed by atoms with Gasteiger partial charge in [-0.2, -0.15) is 0 Å². The largest absolute Gasteiger partial charge is 0.480 e. The van der Waals surface area contributed by atoms with Gasteiger partial charge in [-0.15, -0.1) is 16.9 Å². The molecule has 0 aliphatic heterocycles. The molecule has 1 aromatic heterocycles. The zero-order valence-corrected chi connectivity index (χ0v) is 23.0. The van der Waals surface area contributed by atoms with Gasteiger partial charge in [-0.05, 0) is 56.7 Å². The fraction of sp³-hybridized carbons (Fsp3) is 0.630. The number of unbranched alkanes of at least 4 members (excludes halogenated alkanes) is 5. The van der Waals surface area contributed by atoms with Crippen molar-refractivity contribution in [3.63, 3.8) is 0 Å². The molecule has 8 nitrogen and oxygen atoms in total. The summed E-state index contributed by atoms with van der Waals surface area (Å²) in [6.07, 6.45) is 9.43. The van der Waals surface area contributed by atoms with E-state index in [0.29, 0.717) is 19.5 Å². The molecule has 1 aromatic carbocycles. The topological polar surface area (TPSA) is 106 Å². The SMILES string of the molecule is CCCCCCCn1nc(NCCCCc2cccc(SC(C)(CCC)C(=O)O)c2)c(=O)n(C)c1=O. The zero-order chi connectivity index (χ0) is 26.6. The van der Waals surface area contributed by atoms with Crippen molar-refractivity contribution in [2.75, 3.05) is 11.9 Å². The van der Waals surface area contributed by atoms with Gasteiger partial charge in [-0.25, -0.2) is 9.48 Å². The summed E-state index contributed by atoms with van der Waals surface area (Å²) in [7, 11) is 1.49. The predicted molar refractivity (Wildman–Crippen MR) is 147 cm³/mol. The molecule has 1 atom stereocenters. The molecule has 9 heteroatoms. The number of hydrogen-bond donors (Lipinski definition) is 2. The van der Waals surface area contributed by atoms with E-state index in [9.17, 15) is 19.5 Å². The quantitative estimate of drug-likeness (QED) is 0.222. The molecule has 0 fully saturated rings. The van der Waals surface area contributed by atoms with Crippen LogP contribution in [0.4, 0.5) is 5.82 Å². The van der Waals surface area contributed by atoms with Crippen molar-refractivity contribution in [2.45, 2.75) is 101 Å². The summed E-state index contributed by atoms with van der Waals surface area (Å²) in [5, 5.41) is 17.1. The van der Waals surface area contributed by atoms with Gasteiger partial charge in [0.05, 0.1) is 0 Å². The van der Waals surface area contributed by atoms with Crippen LogP contribution in [0.15, 0.2) is 38.8 Å². The first-order valence-corrected chi connectivity index (χ1v) is 14.0. The van der Waals surface area contributed by atoms with E-state index in [1.54, 1.807) is 6.92 Å². The van der Waals surface area contributed by atoms with E-state index in [-0.39, 0.29) is 11.5 Å². The zero-order valence-electron chi connectivity index (χ0n) is 22.2. The van der Waals surface area contributed by atoms with Gasteiger partial charge in [0.25, 0.3) is 5.56 Å². The highest BCUT2D eigenvalue weighted by atomic mass is 32.2. The van der Waals surface area contributed by atoms with Crippen LogP contribution in [0.25, 0.3) is 0 Å². The Bertz CT molecular complexity index is 1100. The maximum Gasteiger partial charge on any atom is 0.347 e. The first kappa shape index (κ1) is 29.7. The second-order valence-electron chi connectivity index (χ2n) is 9.55. The third kappa shape index (κ3) is 8.84. The van der Waals surface area contributed by atoms with Crippen LogP contribution in [-0.4, -0.2) is 36.7 Å². The van der Waals surface area contributed by atoms with Crippen LogP contribution in [0.5, 0.6) is 0 Å². The molecule has 0 aliphatic rings. The number of carboxylic acids is 1. The number of rotatable bonds is 17. The lowest BCUT2D eigenvalue weighted by molar-refractivity contribution is -0.139. The van der Waals surface area contributed by atoms with Crippen molar-refractivity contribution in [3.05, 3.63) is 50.7 Å². The molecule has 0 amide bonds. The predicted octanol–water partition coefficient (Wildman–Crippen LogP) is 5.08. The summed E-state index contributed by atoms with van der Waals surface area (Å²) >= 11 is 1.41. The minimum absolute atomic E-state index is 0.216. The standard InChI is InChI=1S/C27H42N4O4S/c1-5-7-8-9-12-19-31-26(35)30(4)24(32)23(29-31)28-18-11-10-14-21-15-13-16-22(20-21)36-27(3,17-6-2)25(33)34/h13,15-16,20H,5-12,14,17-19H2,1-4H3,(H,28,29)(H,33,34). The molecule has 1 heterocycles. The number of aryl methyl sites for hydroxylation is 2. The van der Waals surface area contributed by atoms with Crippen LogP contribution >= 0.6 is 11.8 Å². The van der Waals surface area contributed by atoms with E-state index >= 15 is 0 Å². The summed E-state index contributed by atoms with van der Waals surface area (Å²) in [6, 6.07) is 8.07. The second-order valence-corrected chi connectivity index (χ2v) is 11.1. The van der Waals surface area contributed by atoms with E-state index in [1.165, 1.54) is 36.3 Å². The van der Waals surface area contributed by atoms with Crippen LogP contribution in [-0.2, 0) is 24.8 Å². The van der Waals surface area contributed by atoms with Crippen molar-refractivity contribution >= 4 is 23.5 Å². The minimum atomic E-state index is -0.831.